The van der Waals surface area contributed by atoms with E-state index in [9.17, 15) is 22.8 Å². The Labute approximate surface area is 182 Å². The van der Waals surface area contributed by atoms with Crippen LogP contribution in [-0.4, -0.2) is 28.1 Å². The molecular weight excluding hydrogens is 421 g/mol. The van der Waals surface area contributed by atoms with Crippen LogP contribution in [0.2, 0.25) is 0 Å². The van der Waals surface area contributed by atoms with Gasteiger partial charge in [-0.2, -0.15) is 18.3 Å². The van der Waals surface area contributed by atoms with Crippen LogP contribution in [-0.2, 0) is 17.5 Å². The van der Waals surface area contributed by atoms with E-state index in [0.29, 0.717) is 24.2 Å². The van der Waals surface area contributed by atoms with Crippen LogP contribution in [0.1, 0.15) is 40.9 Å². The normalized spacial score (nSPS) is 14.5. The predicted molar refractivity (Wildman–Crippen MR) is 112 cm³/mol. The number of piperidine rings is 1. The van der Waals surface area contributed by atoms with Gasteiger partial charge in [-0.1, -0.05) is 12.1 Å². The maximum absolute atomic E-state index is 12.7. The first-order valence-electron chi connectivity index (χ1n) is 10.2. The molecule has 0 saturated carbocycles. The molecule has 0 unspecified atom stereocenters. The smallest absolute Gasteiger partial charge is 0.348 e. The number of amides is 2. The summed E-state index contributed by atoms with van der Waals surface area (Å²) in [5.41, 5.74) is 1.59. The molecule has 0 radical (unpaired) electrons. The third kappa shape index (κ3) is 4.82. The first-order valence-corrected chi connectivity index (χ1v) is 10.2. The van der Waals surface area contributed by atoms with Crippen molar-refractivity contribution in [1.29, 1.82) is 0 Å². The van der Waals surface area contributed by atoms with E-state index in [1.807, 2.05) is 0 Å². The molecule has 166 valence electrons. The van der Waals surface area contributed by atoms with Crippen molar-refractivity contribution in [2.45, 2.75) is 32.0 Å². The minimum Gasteiger partial charge on any atom is -0.348 e. The van der Waals surface area contributed by atoms with Crippen molar-refractivity contribution in [2.24, 2.45) is 0 Å². The van der Waals surface area contributed by atoms with Crippen molar-refractivity contribution in [1.82, 2.24) is 15.1 Å². The summed E-state index contributed by atoms with van der Waals surface area (Å²) in [5.74, 6) is -0.158. The molecule has 2 aromatic carbocycles. The quantitative estimate of drug-likeness (QED) is 0.639. The average molecular weight is 442 g/mol. The van der Waals surface area contributed by atoms with E-state index in [1.54, 1.807) is 53.4 Å². The molecule has 1 aliphatic heterocycles. The van der Waals surface area contributed by atoms with Gasteiger partial charge in [0.2, 0.25) is 5.91 Å². The van der Waals surface area contributed by atoms with Crippen molar-refractivity contribution in [2.75, 3.05) is 11.4 Å². The maximum atomic E-state index is 12.7. The lowest BCUT2D eigenvalue weighted by atomic mass is 10.1. The van der Waals surface area contributed by atoms with Gasteiger partial charge in [0.25, 0.3) is 5.91 Å². The summed E-state index contributed by atoms with van der Waals surface area (Å²) in [6.45, 7) is 0.953. The molecule has 6 nitrogen and oxygen atoms in total. The molecule has 1 saturated heterocycles. The number of alkyl halides is 3. The van der Waals surface area contributed by atoms with E-state index >= 15 is 0 Å². The topological polar surface area (TPSA) is 67.2 Å². The van der Waals surface area contributed by atoms with Crippen LogP contribution in [0.25, 0.3) is 5.69 Å². The number of carbonyl (C=O) groups excluding carboxylic acids is 2. The molecule has 3 aromatic rings. The summed E-state index contributed by atoms with van der Waals surface area (Å²) in [6, 6.07) is 14.5. The second-order valence-electron chi connectivity index (χ2n) is 7.54. The lowest BCUT2D eigenvalue weighted by molar-refractivity contribution is -0.141. The van der Waals surface area contributed by atoms with Crippen LogP contribution in [0.5, 0.6) is 0 Å². The highest BCUT2D eigenvalue weighted by Crippen LogP contribution is 2.28. The Hall–Kier alpha value is -3.62. The number of anilines is 1. The summed E-state index contributed by atoms with van der Waals surface area (Å²) < 4.78 is 39.2. The third-order valence-electron chi connectivity index (χ3n) is 5.30. The molecule has 1 fully saturated rings. The van der Waals surface area contributed by atoms with Gasteiger partial charge in [0.1, 0.15) is 0 Å². The molecule has 1 aliphatic rings. The second-order valence-corrected chi connectivity index (χ2v) is 7.54. The van der Waals surface area contributed by atoms with Gasteiger partial charge in [0, 0.05) is 37.0 Å². The van der Waals surface area contributed by atoms with E-state index in [-0.39, 0.29) is 18.4 Å². The van der Waals surface area contributed by atoms with E-state index in [0.717, 1.165) is 34.8 Å². The number of benzene rings is 2. The maximum Gasteiger partial charge on any atom is 0.435 e. The van der Waals surface area contributed by atoms with Gasteiger partial charge in [0.05, 0.1) is 5.69 Å². The molecular formula is C23H21F3N4O2. The van der Waals surface area contributed by atoms with Crippen LogP contribution < -0.4 is 10.2 Å². The number of carbonyl (C=O) groups is 2. The number of aromatic nitrogens is 2. The second kappa shape index (κ2) is 8.86. The largest absolute Gasteiger partial charge is 0.435 e. The van der Waals surface area contributed by atoms with Crippen LogP contribution in [0.4, 0.5) is 18.9 Å². The fraction of sp³-hybridized carbons (Fsp3) is 0.261. The van der Waals surface area contributed by atoms with Crippen LogP contribution in [0.15, 0.2) is 60.8 Å². The molecule has 2 amide bonds. The highest BCUT2D eigenvalue weighted by molar-refractivity contribution is 5.96. The SMILES string of the molecule is O=C(NCc1ccc(-n2ccc(C(F)(F)F)n2)cc1)c1ccc(N2CCCCC2=O)cc1. The predicted octanol–water partition coefficient (Wildman–Crippen LogP) is 4.34. The van der Waals surface area contributed by atoms with E-state index in [1.165, 1.54) is 6.20 Å². The highest BCUT2D eigenvalue weighted by Gasteiger charge is 2.33. The summed E-state index contributed by atoms with van der Waals surface area (Å²) in [7, 11) is 0. The van der Waals surface area contributed by atoms with E-state index in [2.05, 4.69) is 10.4 Å². The summed E-state index contributed by atoms with van der Waals surface area (Å²) >= 11 is 0. The summed E-state index contributed by atoms with van der Waals surface area (Å²) in [4.78, 5) is 26.2. The Bertz CT molecular complexity index is 1110. The van der Waals surface area contributed by atoms with Crippen molar-refractivity contribution in [3.8, 4) is 5.69 Å². The van der Waals surface area contributed by atoms with Gasteiger partial charge in [0.15, 0.2) is 5.69 Å². The Morgan fingerprint density at radius 1 is 0.969 bits per heavy atom. The molecule has 0 atom stereocenters. The van der Waals surface area contributed by atoms with Gasteiger partial charge in [-0.05, 0) is 60.9 Å². The minimum atomic E-state index is -4.49. The first kappa shape index (κ1) is 21.6. The number of rotatable bonds is 5. The van der Waals surface area contributed by atoms with Crippen LogP contribution in [0.3, 0.4) is 0 Å². The molecule has 1 aromatic heterocycles. The zero-order valence-electron chi connectivity index (χ0n) is 17.1. The van der Waals surface area contributed by atoms with Crippen LogP contribution >= 0.6 is 0 Å². The van der Waals surface area contributed by atoms with Gasteiger partial charge >= 0.3 is 6.18 Å². The number of hydrogen-bond donors (Lipinski definition) is 1. The number of nitrogens with zero attached hydrogens (tertiary/aromatic N) is 3. The first-order chi connectivity index (χ1) is 15.3. The van der Waals surface area contributed by atoms with Crippen LogP contribution in [0, 0.1) is 0 Å². The molecule has 2 heterocycles. The van der Waals surface area contributed by atoms with E-state index in [4.69, 9.17) is 0 Å². The number of hydrogen-bond acceptors (Lipinski definition) is 3. The molecule has 9 heteroatoms. The molecule has 32 heavy (non-hydrogen) atoms. The average Bonchev–Trinajstić information content (AvgIpc) is 3.29. The number of halogens is 3. The Morgan fingerprint density at radius 3 is 2.28 bits per heavy atom. The van der Waals surface area contributed by atoms with Crippen molar-refractivity contribution >= 4 is 17.5 Å². The Kier molecular flexibility index (Phi) is 5.98. The van der Waals surface area contributed by atoms with Crippen molar-refractivity contribution in [3.63, 3.8) is 0 Å². The molecule has 1 N–H and O–H groups in total. The lowest BCUT2D eigenvalue weighted by Crippen LogP contribution is -2.35. The van der Waals surface area contributed by atoms with Crippen molar-refractivity contribution in [3.05, 3.63) is 77.6 Å². The Morgan fingerprint density at radius 2 is 1.66 bits per heavy atom. The zero-order valence-corrected chi connectivity index (χ0v) is 17.1. The van der Waals surface area contributed by atoms with Crippen molar-refractivity contribution < 1.29 is 22.8 Å². The highest BCUT2D eigenvalue weighted by atomic mass is 19.4. The van der Waals surface area contributed by atoms with Gasteiger partial charge < -0.3 is 10.2 Å². The fourth-order valence-electron chi connectivity index (χ4n) is 3.54. The molecule has 0 spiro atoms. The summed E-state index contributed by atoms with van der Waals surface area (Å²) in [5, 5.41) is 6.35. The minimum absolute atomic E-state index is 0.0987. The Balaban J connectivity index is 1.35. The molecule has 0 bridgehead atoms. The summed E-state index contributed by atoms with van der Waals surface area (Å²) in [6.07, 6.45) is -0.813. The fourth-order valence-corrected chi connectivity index (χ4v) is 3.54. The molecule has 0 aliphatic carbocycles. The number of nitrogens with one attached hydrogen (secondary N) is 1. The molecule has 4 rings (SSSR count). The monoisotopic (exact) mass is 442 g/mol. The lowest BCUT2D eigenvalue weighted by Gasteiger charge is -2.26. The van der Waals surface area contributed by atoms with Gasteiger partial charge in [-0.15, -0.1) is 0 Å². The van der Waals surface area contributed by atoms with Gasteiger partial charge in [-0.25, -0.2) is 4.68 Å². The van der Waals surface area contributed by atoms with E-state index < -0.39 is 11.9 Å². The third-order valence-corrected chi connectivity index (χ3v) is 5.30. The zero-order chi connectivity index (χ0) is 22.7. The van der Waals surface area contributed by atoms with Gasteiger partial charge in [-0.3, -0.25) is 9.59 Å². The standard InChI is InChI=1S/C23H21F3N4O2/c24-23(25,26)20-12-14-30(28-20)19-8-4-16(5-9-19)15-27-22(32)17-6-10-18(11-7-17)29-13-2-1-3-21(29)31/h4-12,14H,1-3,13,15H2,(H,27,32).